The van der Waals surface area contributed by atoms with Gasteiger partial charge in [-0.25, -0.2) is 4.98 Å². The number of para-hydroxylation sites is 1. The van der Waals surface area contributed by atoms with Gasteiger partial charge in [0.2, 0.25) is 11.8 Å². The zero-order valence-corrected chi connectivity index (χ0v) is 27.9. The van der Waals surface area contributed by atoms with Crippen LogP contribution in [0.4, 0.5) is 0 Å². The monoisotopic (exact) mass is 654 g/mol. The van der Waals surface area contributed by atoms with Crippen molar-refractivity contribution in [1.29, 1.82) is 0 Å². The minimum Gasteiger partial charge on any atom is -0.496 e. The molecule has 2 aliphatic heterocycles. The molecule has 1 saturated heterocycles. The number of hydrogen-bond acceptors (Lipinski definition) is 9. The van der Waals surface area contributed by atoms with Gasteiger partial charge >= 0.3 is 0 Å². The van der Waals surface area contributed by atoms with Gasteiger partial charge in [-0.3, -0.25) is 14.5 Å². The van der Waals surface area contributed by atoms with Gasteiger partial charge in [-0.1, -0.05) is 31.2 Å². The van der Waals surface area contributed by atoms with Crippen LogP contribution in [0.3, 0.4) is 0 Å². The van der Waals surface area contributed by atoms with Gasteiger partial charge in [-0.15, -0.1) is 0 Å². The van der Waals surface area contributed by atoms with E-state index >= 15 is 0 Å². The Morgan fingerprint density at radius 2 is 1.83 bits per heavy atom. The van der Waals surface area contributed by atoms with Crippen LogP contribution in [-0.4, -0.2) is 79.1 Å². The van der Waals surface area contributed by atoms with Gasteiger partial charge in [0.15, 0.2) is 11.5 Å². The number of aryl methyl sites for hydroxylation is 1. The fraction of sp³-hybridized carbons (Fsp3) is 0.378. The number of piperidine rings is 1. The number of oxazole rings is 1. The molecule has 2 atom stereocenters. The van der Waals surface area contributed by atoms with Crippen molar-refractivity contribution >= 4 is 11.8 Å². The number of fused-ring (bicyclic) bond motifs is 5. The van der Waals surface area contributed by atoms with Gasteiger partial charge in [-0.05, 0) is 67.8 Å². The number of ether oxygens (including phenoxy) is 4. The summed E-state index contributed by atoms with van der Waals surface area (Å²) in [6.45, 7) is 6.44. The first-order valence-electron chi connectivity index (χ1n) is 16.3. The third-order valence-corrected chi connectivity index (χ3v) is 8.71. The molecule has 6 rings (SSSR count). The number of rotatable bonds is 7. The molecule has 11 heteroatoms. The third-order valence-electron chi connectivity index (χ3n) is 8.71. The first-order valence-corrected chi connectivity index (χ1v) is 16.3. The molecule has 4 bridgehead atoms. The van der Waals surface area contributed by atoms with E-state index in [0.29, 0.717) is 73.5 Å². The smallest absolute Gasteiger partial charge is 0.254 e. The van der Waals surface area contributed by atoms with Crippen LogP contribution in [0.2, 0.25) is 0 Å². The molecule has 3 heterocycles. The first-order chi connectivity index (χ1) is 23.3. The number of nitrogens with zero attached hydrogens (tertiary/aromatic N) is 3. The predicted octanol–water partition coefficient (Wildman–Crippen LogP) is 5.60. The van der Waals surface area contributed by atoms with Crippen molar-refractivity contribution < 1.29 is 33.0 Å². The zero-order chi connectivity index (χ0) is 33.6. The number of benzene rings is 3. The molecule has 0 radical (unpaired) electrons. The third kappa shape index (κ3) is 7.48. The molecule has 48 heavy (non-hydrogen) atoms. The molecular formula is C37H42N4O7. The molecule has 2 amide bonds. The normalized spacial score (nSPS) is 18.9. The lowest BCUT2D eigenvalue weighted by Gasteiger charge is -2.38. The number of nitrogens with one attached hydrogen (secondary N) is 1. The highest BCUT2D eigenvalue weighted by Gasteiger charge is 2.33. The maximum absolute atomic E-state index is 13.7. The molecule has 2 aliphatic rings. The standard InChI is InChI=1S/C37H42N4O7/c1-5-16-41-22-35(42)38-29-15-17-40(20-30-24(2)47-36(39-30)28-11-6-7-12-31(28)44-3)21-34(29)46-23-25-9-8-10-27(18-25)48-33-19-26(37(41)43)13-14-32(33)45-4/h6-14,18-19,29,34H,5,15-17,20-23H2,1-4H3,(H,38,42)/t29-,34-/m0/s1. The van der Waals surface area contributed by atoms with E-state index in [-0.39, 0.29) is 30.5 Å². The molecule has 0 aliphatic carbocycles. The topological polar surface area (TPSA) is 116 Å². The number of amides is 2. The largest absolute Gasteiger partial charge is 0.496 e. The number of aromatic nitrogens is 1. The summed E-state index contributed by atoms with van der Waals surface area (Å²) in [6, 6.07) is 20.1. The van der Waals surface area contributed by atoms with E-state index in [1.807, 2.05) is 62.4 Å². The Morgan fingerprint density at radius 1 is 1.00 bits per heavy atom. The van der Waals surface area contributed by atoms with Crippen molar-refractivity contribution in [3.8, 4) is 34.5 Å². The van der Waals surface area contributed by atoms with E-state index in [2.05, 4.69) is 10.2 Å². The second-order valence-corrected chi connectivity index (χ2v) is 12.1. The number of methoxy groups -OCH3 is 2. The Hall–Kier alpha value is -4.87. The summed E-state index contributed by atoms with van der Waals surface area (Å²) >= 11 is 0. The van der Waals surface area contributed by atoms with E-state index in [0.717, 1.165) is 29.1 Å². The molecular weight excluding hydrogens is 612 g/mol. The second kappa shape index (κ2) is 14.9. The molecule has 1 N–H and O–H groups in total. The Labute approximate surface area is 280 Å². The lowest BCUT2D eigenvalue weighted by atomic mass is 10.0. The SMILES string of the molecule is CCCN1CC(=O)N[C@H]2CCN(Cc3nc(-c4ccccc4OC)oc3C)C[C@@H]2OCc2cccc(c2)Oc2cc(ccc2OC)C1=O. The van der Waals surface area contributed by atoms with Crippen LogP contribution in [0.25, 0.3) is 11.5 Å². The maximum atomic E-state index is 13.7. The van der Waals surface area contributed by atoms with Gasteiger partial charge in [0.05, 0.1) is 50.8 Å². The first kappa shape index (κ1) is 33.0. The minimum atomic E-state index is -0.316. The summed E-state index contributed by atoms with van der Waals surface area (Å²) in [6.07, 6.45) is 1.05. The van der Waals surface area contributed by atoms with Crippen molar-refractivity contribution in [2.75, 3.05) is 40.4 Å². The second-order valence-electron chi connectivity index (χ2n) is 12.1. The molecule has 1 fully saturated rings. The zero-order valence-electron chi connectivity index (χ0n) is 27.9. The number of carbonyl (C=O) groups is 2. The number of likely N-dealkylation sites (tertiary alicyclic amines) is 1. The summed E-state index contributed by atoms with van der Waals surface area (Å²) in [5.74, 6) is 2.98. The van der Waals surface area contributed by atoms with Gasteiger partial charge in [0, 0.05) is 31.7 Å². The van der Waals surface area contributed by atoms with Crippen LogP contribution in [0.1, 0.15) is 47.1 Å². The van der Waals surface area contributed by atoms with Gasteiger partial charge < -0.3 is 33.6 Å². The van der Waals surface area contributed by atoms with Gasteiger partial charge in [-0.2, -0.15) is 0 Å². The summed E-state index contributed by atoms with van der Waals surface area (Å²) < 4.78 is 29.9. The highest BCUT2D eigenvalue weighted by Crippen LogP contribution is 2.34. The molecule has 0 spiro atoms. The van der Waals surface area contributed by atoms with E-state index in [1.54, 1.807) is 37.3 Å². The Morgan fingerprint density at radius 3 is 2.65 bits per heavy atom. The van der Waals surface area contributed by atoms with Crippen LogP contribution < -0.4 is 19.5 Å². The van der Waals surface area contributed by atoms with Crippen LogP contribution in [0, 0.1) is 6.92 Å². The lowest BCUT2D eigenvalue weighted by Crippen LogP contribution is -2.56. The van der Waals surface area contributed by atoms with Crippen molar-refractivity contribution in [2.24, 2.45) is 0 Å². The Balaban J connectivity index is 1.25. The van der Waals surface area contributed by atoms with Crippen molar-refractivity contribution in [3.05, 3.63) is 89.3 Å². The van der Waals surface area contributed by atoms with Crippen LogP contribution in [0.5, 0.6) is 23.0 Å². The molecule has 1 aromatic heterocycles. The fourth-order valence-electron chi connectivity index (χ4n) is 6.23. The van der Waals surface area contributed by atoms with Crippen molar-refractivity contribution in [2.45, 2.75) is 52.0 Å². The van der Waals surface area contributed by atoms with Crippen LogP contribution in [0.15, 0.2) is 71.1 Å². The molecule has 11 nitrogen and oxygen atoms in total. The average molecular weight is 655 g/mol. The average Bonchev–Trinajstić information content (AvgIpc) is 3.46. The number of hydrogen-bond donors (Lipinski definition) is 1. The molecule has 0 saturated carbocycles. The van der Waals surface area contributed by atoms with E-state index < -0.39 is 0 Å². The van der Waals surface area contributed by atoms with Crippen molar-refractivity contribution in [3.63, 3.8) is 0 Å². The quantitative estimate of drug-likeness (QED) is 0.272. The fourth-order valence-corrected chi connectivity index (χ4v) is 6.23. The van der Waals surface area contributed by atoms with E-state index in [4.69, 9.17) is 28.3 Å². The van der Waals surface area contributed by atoms with Crippen molar-refractivity contribution in [1.82, 2.24) is 20.1 Å². The van der Waals surface area contributed by atoms with E-state index in [1.165, 1.54) is 0 Å². The highest BCUT2D eigenvalue weighted by molar-refractivity contribution is 5.97. The summed E-state index contributed by atoms with van der Waals surface area (Å²) in [7, 11) is 3.19. The lowest BCUT2D eigenvalue weighted by molar-refractivity contribution is -0.125. The minimum absolute atomic E-state index is 0.0648. The summed E-state index contributed by atoms with van der Waals surface area (Å²) in [5, 5.41) is 3.20. The predicted molar refractivity (Wildman–Crippen MR) is 179 cm³/mol. The molecule has 252 valence electrons. The molecule has 0 unspecified atom stereocenters. The highest BCUT2D eigenvalue weighted by atomic mass is 16.5. The Bertz CT molecular complexity index is 1760. The summed E-state index contributed by atoms with van der Waals surface area (Å²) in [4.78, 5) is 35.8. The maximum Gasteiger partial charge on any atom is 0.254 e. The summed E-state index contributed by atoms with van der Waals surface area (Å²) in [5.41, 5.74) is 2.96. The number of carbonyl (C=O) groups excluding carboxylic acids is 2. The van der Waals surface area contributed by atoms with Gasteiger partial charge in [0.1, 0.15) is 17.3 Å². The molecule has 4 aromatic rings. The Kier molecular flexibility index (Phi) is 10.3. The van der Waals surface area contributed by atoms with E-state index in [9.17, 15) is 9.59 Å². The van der Waals surface area contributed by atoms with Crippen LogP contribution >= 0.6 is 0 Å². The van der Waals surface area contributed by atoms with Gasteiger partial charge in [0.25, 0.3) is 5.91 Å². The molecule has 3 aromatic carbocycles. The van der Waals surface area contributed by atoms with Crippen LogP contribution in [-0.2, 0) is 22.7 Å².